The highest BCUT2D eigenvalue weighted by Crippen LogP contribution is 2.26. The van der Waals surface area contributed by atoms with Crippen molar-refractivity contribution in [1.29, 1.82) is 0 Å². The molecule has 0 aliphatic carbocycles. The van der Waals surface area contributed by atoms with Gasteiger partial charge in [-0.3, -0.25) is 4.79 Å². The molecule has 3 rings (SSSR count). The molecule has 1 aliphatic rings. The minimum Gasteiger partial charge on any atom is -0.481 e. The molecule has 1 atom stereocenters. The molecule has 0 bridgehead atoms. The largest absolute Gasteiger partial charge is 0.481 e. The molecule has 2 aromatic rings. The number of aliphatic carboxylic acids is 1. The van der Waals surface area contributed by atoms with Gasteiger partial charge in [0.25, 0.3) is 0 Å². The number of imidazole rings is 1. The predicted molar refractivity (Wildman–Crippen MR) is 77.1 cm³/mol. The van der Waals surface area contributed by atoms with E-state index in [9.17, 15) is 4.79 Å². The maximum absolute atomic E-state index is 10.8. The standard InChI is InChI=1S/C14H16N2O3S/c17-13(18)9-20-14-15-11-5-1-2-6-12(11)16(14)8-10-4-3-7-19-10/h1-2,5-6,10H,3-4,7-9H2,(H,17,18). The molecule has 1 unspecified atom stereocenters. The van der Waals surface area contributed by atoms with Crippen LogP contribution >= 0.6 is 11.8 Å². The molecular weight excluding hydrogens is 276 g/mol. The summed E-state index contributed by atoms with van der Waals surface area (Å²) in [6.45, 7) is 1.55. The van der Waals surface area contributed by atoms with E-state index in [0.717, 1.165) is 42.2 Å². The first-order chi connectivity index (χ1) is 9.74. The highest BCUT2D eigenvalue weighted by atomic mass is 32.2. The minimum absolute atomic E-state index is 0.0227. The van der Waals surface area contributed by atoms with E-state index in [4.69, 9.17) is 9.84 Å². The van der Waals surface area contributed by atoms with Gasteiger partial charge < -0.3 is 14.4 Å². The van der Waals surface area contributed by atoms with Gasteiger partial charge in [0.05, 0.1) is 29.4 Å². The van der Waals surface area contributed by atoms with Crippen LogP contribution in [0.15, 0.2) is 29.4 Å². The van der Waals surface area contributed by atoms with Crippen molar-refractivity contribution >= 4 is 28.8 Å². The molecule has 1 aliphatic heterocycles. The molecule has 1 N–H and O–H groups in total. The SMILES string of the molecule is O=C(O)CSc1nc2ccccc2n1CC1CCCO1. The van der Waals surface area contributed by atoms with Crippen molar-refractivity contribution in [3.05, 3.63) is 24.3 Å². The first-order valence-electron chi connectivity index (χ1n) is 6.65. The predicted octanol–water partition coefficient (Wildman–Crippen LogP) is 2.39. The number of carbonyl (C=O) groups is 1. The maximum atomic E-state index is 10.8. The van der Waals surface area contributed by atoms with Crippen LogP contribution in [0.1, 0.15) is 12.8 Å². The third-order valence-electron chi connectivity index (χ3n) is 3.35. The lowest BCUT2D eigenvalue weighted by Gasteiger charge is -2.13. The van der Waals surface area contributed by atoms with Gasteiger partial charge in [-0.15, -0.1) is 0 Å². The smallest absolute Gasteiger partial charge is 0.313 e. The quantitative estimate of drug-likeness (QED) is 0.857. The summed E-state index contributed by atoms with van der Waals surface area (Å²) in [6.07, 6.45) is 2.35. The monoisotopic (exact) mass is 292 g/mol. The highest BCUT2D eigenvalue weighted by molar-refractivity contribution is 7.99. The average Bonchev–Trinajstić information content (AvgIpc) is 3.05. The minimum atomic E-state index is -0.828. The number of hydrogen-bond donors (Lipinski definition) is 1. The summed E-state index contributed by atoms with van der Waals surface area (Å²) in [6, 6.07) is 7.88. The Morgan fingerprint density at radius 1 is 1.50 bits per heavy atom. The van der Waals surface area contributed by atoms with E-state index in [1.807, 2.05) is 24.3 Å². The van der Waals surface area contributed by atoms with Crippen molar-refractivity contribution < 1.29 is 14.6 Å². The fraction of sp³-hybridized carbons (Fsp3) is 0.429. The fourth-order valence-electron chi connectivity index (χ4n) is 2.46. The van der Waals surface area contributed by atoms with Crippen LogP contribution < -0.4 is 0 Å². The van der Waals surface area contributed by atoms with Crippen molar-refractivity contribution in [3.63, 3.8) is 0 Å². The number of para-hydroxylation sites is 2. The van der Waals surface area contributed by atoms with Crippen LogP contribution in [0.3, 0.4) is 0 Å². The zero-order chi connectivity index (χ0) is 13.9. The van der Waals surface area contributed by atoms with Crippen LogP contribution in [0.4, 0.5) is 0 Å². The lowest BCUT2D eigenvalue weighted by atomic mass is 10.2. The number of carboxylic acids is 1. The second-order valence-electron chi connectivity index (χ2n) is 4.81. The van der Waals surface area contributed by atoms with Gasteiger partial charge in [-0.2, -0.15) is 0 Å². The van der Waals surface area contributed by atoms with Crippen molar-refractivity contribution in [1.82, 2.24) is 9.55 Å². The highest BCUT2D eigenvalue weighted by Gasteiger charge is 2.20. The zero-order valence-corrected chi connectivity index (χ0v) is 11.8. The van der Waals surface area contributed by atoms with Crippen LogP contribution in [0, 0.1) is 0 Å². The van der Waals surface area contributed by atoms with Gasteiger partial charge in [-0.25, -0.2) is 4.98 Å². The van der Waals surface area contributed by atoms with Gasteiger partial charge in [0.2, 0.25) is 0 Å². The molecule has 1 saturated heterocycles. The van der Waals surface area contributed by atoms with Gasteiger partial charge >= 0.3 is 5.97 Å². The number of aromatic nitrogens is 2. The summed E-state index contributed by atoms with van der Waals surface area (Å²) in [5, 5.41) is 9.60. The molecule has 5 nitrogen and oxygen atoms in total. The Labute approximate surface area is 120 Å². The topological polar surface area (TPSA) is 64.3 Å². The molecule has 1 aromatic heterocycles. The van der Waals surface area contributed by atoms with E-state index in [-0.39, 0.29) is 11.9 Å². The van der Waals surface area contributed by atoms with E-state index in [0.29, 0.717) is 0 Å². The molecular formula is C14H16N2O3S. The van der Waals surface area contributed by atoms with Gasteiger partial charge in [0, 0.05) is 6.61 Å². The number of ether oxygens (including phenoxy) is 1. The van der Waals surface area contributed by atoms with Crippen LogP contribution in [0.2, 0.25) is 0 Å². The van der Waals surface area contributed by atoms with E-state index in [1.54, 1.807) is 0 Å². The molecule has 6 heteroatoms. The Morgan fingerprint density at radius 2 is 2.35 bits per heavy atom. The van der Waals surface area contributed by atoms with E-state index in [1.165, 1.54) is 11.8 Å². The number of carboxylic acid groups (broad SMARTS) is 1. The summed E-state index contributed by atoms with van der Waals surface area (Å²) in [7, 11) is 0. The van der Waals surface area contributed by atoms with Crippen molar-refractivity contribution in [2.45, 2.75) is 30.6 Å². The molecule has 20 heavy (non-hydrogen) atoms. The second-order valence-corrected chi connectivity index (χ2v) is 5.75. The van der Waals surface area contributed by atoms with Gasteiger partial charge in [0.1, 0.15) is 0 Å². The second kappa shape index (κ2) is 5.85. The third-order valence-corrected chi connectivity index (χ3v) is 4.32. The van der Waals surface area contributed by atoms with Crippen LogP contribution in [-0.2, 0) is 16.1 Å². The number of nitrogens with zero attached hydrogens (tertiary/aromatic N) is 2. The number of hydrogen-bond acceptors (Lipinski definition) is 4. The van der Waals surface area contributed by atoms with Crippen LogP contribution in [-0.4, -0.2) is 39.1 Å². The van der Waals surface area contributed by atoms with Gasteiger partial charge in [-0.05, 0) is 25.0 Å². The summed E-state index contributed by atoms with van der Waals surface area (Å²) in [4.78, 5) is 15.3. The molecule has 0 spiro atoms. The van der Waals surface area contributed by atoms with Crippen molar-refractivity contribution in [2.75, 3.05) is 12.4 Å². The normalized spacial score (nSPS) is 18.7. The molecule has 2 heterocycles. The zero-order valence-electron chi connectivity index (χ0n) is 11.0. The molecule has 106 valence electrons. The average molecular weight is 292 g/mol. The summed E-state index contributed by atoms with van der Waals surface area (Å²) >= 11 is 1.26. The Kier molecular flexibility index (Phi) is 3.93. The first-order valence-corrected chi connectivity index (χ1v) is 7.64. The number of fused-ring (bicyclic) bond motifs is 1. The molecule has 0 amide bonds. The van der Waals surface area contributed by atoms with Gasteiger partial charge in [0.15, 0.2) is 5.16 Å². The van der Waals surface area contributed by atoms with Crippen LogP contribution in [0.5, 0.6) is 0 Å². The number of thioether (sulfide) groups is 1. The van der Waals surface area contributed by atoms with E-state index >= 15 is 0 Å². The molecule has 1 fully saturated rings. The Morgan fingerprint density at radius 3 is 3.10 bits per heavy atom. The Balaban J connectivity index is 1.91. The fourth-order valence-corrected chi connectivity index (χ4v) is 3.20. The Bertz CT molecular complexity index is 620. The number of benzene rings is 1. The summed E-state index contributed by atoms with van der Waals surface area (Å²) < 4.78 is 7.76. The first kappa shape index (κ1) is 13.5. The Hall–Kier alpha value is -1.53. The van der Waals surface area contributed by atoms with E-state index < -0.39 is 5.97 Å². The van der Waals surface area contributed by atoms with E-state index in [2.05, 4.69) is 9.55 Å². The summed E-state index contributed by atoms with van der Waals surface area (Å²) in [5.41, 5.74) is 1.94. The summed E-state index contributed by atoms with van der Waals surface area (Å²) in [5.74, 6) is -0.805. The van der Waals surface area contributed by atoms with Gasteiger partial charge in [-0.1, -0.05) is 23.9 Å². The lowest BCUT2D eigenvalue weighted by molar-refractivity contribution is -0.133. The third kappa shape index (κ3) is 2.81. The van der Waals surface area contributed by atoms with Crippen molar-refractivity contribution in [2.24, 2.45) is 0 Å². The molecule has 1 aromatic carbocycles. The number of rotatable bonds is 5. The maximum Gasteiger partial charge on any atom is 0.313 e. The van der Waals surface area contributed by atoms with Crippen molar-refractivity contribution in [3.8, 4) is 0 Å². The lowest BCUT2D eigenvalue weighted by Crippen LogP contribution is -2.16. The van der Waals surface area contributed by atoms with Crippen LogP contribution in [0.25, 0.3) is 11.0 Å². The molecule has 0 radical (unpaired) electrons. The molecule has 0 saturated carbocycles.